The molecule has 0 aliphatic rings. The first-order valence-corrected chi connectivity index (χ1v) is 9.11. The molecule has 2 N–H and O–H groups in total. The Morgan fingerprint density at radius 2 is 1.72 bits per heavy atom. The topological polar surface area (TPSA) is 42.5 Å². The summed E-state index contributed by atoms with van der Waals surface area (Å²) in [6.45, 7) is 9.46. The van der Waals surface area contributed by atoms with Crippen molar-refractivity contribution in [2.75, 3.05) is 36.9 Å². The molecule has 0 radical (unpaired) electrons. The number of ether oxygens (including phenoxy) is 2. The van der Waals surface area contributed by atoms with Gasteiger partial charge in [0, 0.05) is 24.8 Å². The molecule has 4 heteroatoms. The van der Waals surface area contributed by atoms with Gasteiger partial charge in [-0.05, 0) is 43.5 Å². The molecule has 136 valence electrons. The normalized spacial score (nSPS) is 10.6. The van der Waals surface area contributed by atoms with Crippen molar-refractivity contribution in [1.29, 1.82) is 0 Å². The van der Waals surface area contributed by atoms with Gasteiger partial charge in [0.15, 0.2) is 0 Å². The van der Waals surface area contributed by atoms with E-state index >= 15 is 0 Å². The zero-order chi connectivity index (χ0) is 17.9. The summed E-state index contributed by atoms with van der Waals surface area (Å²) in [5.41, 5.74) is 2.10. The quantitative estimate of drug-likeness (QED) is 0.562. The lowest BCUT2D eigenvalue weighted by Crippen LogP contribution is -2.14. The van der Waals surface area contributed by atoms with Gasteiger partial charge >= 0.3 is 0 Å². The van der Waals surface area contributed by atoms with Crippen LogP contribution in [0.4, 0.5) is 11.4 Å². The van der Waals surface area contributed by atoms with Crippen molar-refractivity contribution in [2.45, 2.75) is 27.2 Å². The largest absolute Gasteiger partial charge is 0.494 e. The molecule has 0 fully saturated rings. The maximum atomic E-state index is 5.80. The Morgan fingerprint density at radius 3 is 2.52 bits per heavy atom. The maximum Gasteiger partial charge on any atom is 0.142 e. The molecule has 0 aliphatic carbocycles. The highest BCUT2D eigenvalue weighted by atomic mass is 16.5. The third kappa shape index (κ3) is 6.96. The first-order chi connectivity index (χ1) is 12.2. The highest BCUT2D eigenvalue weighted by Gasteiger charge is 2.02. The van der Waals surface area contributed by atoms with E-state index in [4.69, 9.17) is 9.47 Å². The van der Waals surface area contributed by atoms with E-state index in [0.29, 0.717) is 12.5 Å². The first kappa shape index (κ1) is 19.0. The molecule has 25 heavy (non-hydrogen) atoms. The Labute approximate surface area is 151 Å². The molecule has 2 aromatic carbocycles. The summed E-state index contributed by atoms with van der Waals surface area (Å²) >= 11 is 0. The third-order valence-corrected chi connectivity index (χ3v) is 3.75. The second-order valence-corrected chi connectivity index (χ2v) is 6.34. The summed E-state index contributed by atoms with van der Waals surface area (Å²) in [6.07, 6.45) is 1.07. The Morgan fingerprint density at radius 1 is 0.920 bits per heavy atom. The number of hydrogen-bond donors (Lipinski definition) is 2. The predicted molar refractivity (Wildman–Crippen MR) is 106 cm³/mol. The number of nitrogens with one attached hydrogen (secondary N) is 2. The summed E-state index contributed by atoms with van der Waals surface area (Å²) in [7, 11) is 0. The van der Waals surface area contributed by atoms with Crippen LogP contribution in [0.5, 0.6) is 11.5 Å². The van der Waals surface area contributed by atoms with Crippen molar-refractivity contribution in [2.24, 2.45) is 5.92 Å². The maximum absolute atomic E-state index is 5.80. The lowest BCUT2D eigenvalue weighted by atomic mass is 10.1. The SMILES string of the molecule is CCOc1ccccc1NCCNc1cccc(OCCC(C)C)c1. The van der Waals surface area contributed by atoms with Crippen LogP contribution in [-0.4, -0.2) is 26.3 Å². The minimum absolute atomic E-state index is 0.659. The number of para-hydroxylation sites is 2. The van der Waals surface area contributed by atoms with Crippen molar-refractivity contribution < 1.29 is 9.47 Å². The zero-order valence-corrected chi connectivity index (χ0v) is 15.5. The van der Waals surface area contributed by atoms with Crippen LogP contribution < -0.4 is 20.1 Å². The summed E-state index contributed by atoms with van der Waals surface area (Å²) in [4.78, 5) is 0. The van der Waals surface area contributed by atoms with Gasteiger partial charge in [0.2, 0.25) is 0 Å². The fourth-order valence-corrected chi connectivity index (χ4v) is 2.41. The number of rotatable bonds is 11. The van der Waals surface area contributed by atoms with E-state index in [1.165, 1.54) is 0 Å². The molecule has 0 saturated carbocycles. The van der Waals surface area contributed by atoms with Gasteiger partial charge in [-0.1, -0.05) is 32.0 Å². The smallest absolute Gasteiger partial charge is 0.142 e. The average Bonchev–Trinajstić information content (AvgIpc) is 2.60. The Hall–Kier alpha value is -2.36. The number of hydrogen-bond acceptors (Lipinski definition) is 4. The van der Waals surface area contributed by atoms with Gasteiger partial charge in [0.05, 0.1) is 18.9 Å². The molecule has 4 nitrogen and oxygen atoms in total. The second kappa shape index (κ2) is 10.5. The number of benzene rings is 2. The van der Waals surface area contributed by atoms with Crippen LogP contribution in [-0.2, 0) is 0 Å². The molecule has 0 unspecified atom stereocenters. The highest BCUT2D eigenvalue weighted by molar-refractivity contribution is 5.56. The van der Waals surface area contributed by atoms with Crippen LogP contribution in [0, 0.1) is 5.92 Å². The van der Waals surface area contributed by atoms with Crippen molar-refractivity contribution in [3.63, 3.8) is 0 Å². The van der Waals surface area contributed by atoms with Gasteiger partial charge in [-0.15, -0.1) is 0 Å². The molecule has 2 aromatic rings. The summed E-state index contributed by atoms with van der Waals surface area (Å²) in [6, 6.07) is 16.1. The van der Waals surface area contributed by atoms with Crippen molar-refractivity contribution >= 4 is 11.4 Å². The van der Waals surface area contributed by atoms with E-state index in [-0.39, 0.29) is 0 Å². The van der Waals surface area contributed by atoms with Crippen LogP contribution in [0.15, 0.2) is 48.5 Å². The van der Waals surface area contributed by atoms with Crippen molar-refractivity contribution in [3.05, 3.63) is 48.5 Å². The molecule has 0 aromatic heterocycles. The van der Waals surface area contributed by atoms with E-state index in [1.54, 1.807) is 0 Å². The highest BCUT2D eigenvalue weighted by Crippen LogP contribution is 2.23. The molecule has 0 saturated heterocycles. The monoisotopic (exact) mass is 342 g/mol. The molecular weight excluding hydrogens is 312 g/mol. The molecule has 0 aliphatic heterocycles. The van der Waals surface area contributed by atoms with E-state index in [2.05, 4.69) is 36.6 Å². The fourth-order valence-electron chi connectivity index (χ4n) is 2.41. The van der Waals surface area contributed by atoms with Gasteiger partial charge in [-0.25, -0.2) is 0 Å². The van der Waals surface area contributed by atoms with E-state index < -0.39 is 0 Å². The minimum atomic E-state index is 0.659. The van der Waals surface area contributed by atoms with Gasteiger partial charge in [-0.2, -0.15) is 0 Å². The summed E-state index contributed by atoms with van der Waals surface area (Å²) in [5.74, 6) is 2.47. The summed E-state index contributed by atoms with van der Waals surface area (Å²) < 4.78 is 11.4. The molecule has 2 rings (SSSR count). The van der Waals surface area contributed by atoms with E-state index in [0.717, 1.165) is 49.0 Å². The average molecular weight is 342 g/mol. The third-order valence-electron chi connectivity index (χ3n) is 3.75. The predicted octanol–water partition coefficient (Wildman–Crippen LogP) is 5.03. The first-order valence-electron chi connectivity index (χ1n) is 9.11. The molecule has 0 spiro atoms. The van der Waals surface area contributed by atoms with Gasteiger partial charge in [0.1, 0.15) is 11.5 Å². The molecular formula is C21H30N2O2. The fraction of sp³-hybridized carbons (Fsp3) is 0.429. The molecule has 0 heterocycles. The van der Waals surface area contributed by atoms with Crippen LogP contribution in [0.2, 0.25) is 0 Å². The van der Waals surface area contributed by atoms with Gasteiger partial charge in [0.25, 0.3) is 0 Å². The van der Waals surface area contributed by atoms with Crippen molar-refractivity contribution in [3.8, 4) is 11.5 Å². The second-order valence-electron chi connectivity index (χ2n) is 6.34. The van der Waals surface area contributed by atoms with E-state index in [1.807, 2.05) is 43.3 Å². The molecule has 0 bridgehead atoms. The van der Waals surface area contributed by atoms with Crippen LogP contribution >= 0.6 is 0 Å². The lowest BCUT2D eigenvalue weighted by molar-refractivity contribution is 0.289. The van der Waals surface area contributed by atoms with Crippen LogP contribution in [0.25, 0.3) is 0 Å². The van der Waals surface area contributed by atoms with Crippen LogP contribution in [0.3, 0.4) is 0 Å². The van der Waals surface area contributed by atoms with Crippen molar-refractivity contribution in [1.82, 2.24) is 0 Å². The Balaban J connectivity index is 1.76. The Bertz CT molecular complexity index is 629. The number of anilines is 2. The molecule has 0 atom stereocenters. The van der Waals surface area contributed by atoms with Gasteiger partial charge < -0.3 is 20.1 Å². The van der Waals surface area contributed by atoms with Crippen LogP contribution in [0.1, 0.15) is 27.2 Å². The van der Waals surface area contributed by atoms with Gasteiger partial charge in [-0.3, -0.25) is 0 Å². The lowest BCUT2D eigenvalue weighted by Gasteiger charge is -2.13. The Kier molecular flexibility index (Phi) is 7.96. The summed E-state index contributed by atoms with van der Waals surface area (Å²) in [5, 5.41) is 6.83. The standard InChI is InChI=1S/C21H30N2O2/c1-4-24-21-11-6-5-10-20(21)23-14-13-22-18-8-7-9-19(16-18)25-15-12-17(2)3/h5-11,16-17,22-23H,4,12-15H2,1-3H3. The minimum Gasteiger partial charge on any atom is -0.494 e. The zero-order valence-electron chi connectivity index (χ0n) is 15.5. The van der Waals surface area contributed by atoms with E-state index in [9.17, 15) is 0 Å². The molecule has 0 amide bonds.